The lowest BCUT2D eigenvalue weighted by atomic mass is 10.1. The molecular weight excluding hydrogens is 146 g/mol. The smallest absolute Gasteiger partial charge is 0.132 e. The predicted octanol–water partition coefficient (Wildman–Crippen LogP) is 2.45. The molecule has 0 bridgehead atoms. The highest BCUT2D eigenvalue weighted by Crippen LogP contribution is 2.17. The highest BCUT2D eigenvalue weighted by Gasteiger charge is 2.10. The summed E-state index contributed by atoms with van der Waals surface area (Å²) in [6, 6.07) is 8.83. The molecule has 0 radical (unpaired) electrons. The summed E-state index contributed by atoms with van der Waals surface area (Å²) in [6.07, 6.45) is 1.12. The van der Waals surface area contributed by atoms with Crippen LogP contribution in [0.25, 0.3) is 0 Å². The molecule has 0 aliphatic rings. The van der Waals surface area contributed by atoms with E-state index >= 15 is 0 Å². The van der Waals surface area contributed by atoms with Gasteiger partial charge in [0.25, 0.3) is 0 Å². The van der Waals surface area contributed by atoms with Crippen molar-refractivity contribution in [3.63, 3.8) is 0 Å². The van der Waals surface area contributed by atoms with Gasteiger partial charge in [-0.2, -0.15) is 0 Å². The van der Waals surface area contributed by atoms with Gasteiger partial charge in [0.2, 0.25) is 0 Å². The molecule has 0 spiro atoms. The molecule has 1 aromatic rings. The van der Waals surface area contributed by atoms with Gasteiger partial charge in [0, 0.05) is 0 Å². The Morgan fingerprint density at radius 2 is 1.50 bits per heavy atom. The van der Waals surface area contributed by atoms with Crippen LogP contribution in [0.2, 0.25) is 0 Å². The van der Waals surface area contributed by atoms with Crippen LogP contribution in [0.4, 0.5) is 5.69 Å². The normalized spacial score (nSPS) is 11.7. The molecule has 12 heavy (non-hydrogen) atoms. The minimum atomic E-state index is 0.893. The van der Waals surface area contributed by atoms with Gasteiger partial charge >= 0.3 is 0 Å². The first-order valence-corrected chi connectivity index (χ1v) is 4.45. The molecule has 0 saturated carbocycles. The molecule has 0 heterocycles. The Labute approximate surface area is 75.2 Å². The second kappa shape index (κ2) is 3.28. The molecule has 0 saturated heterocycles. The SMILES string of the molecule is CCc1ccc([N+](C)(C)C)cc1. The summed E-state index contributed by atoms with van der Waals surface area (Å²) in [5, 5.41) is 0. The largest absolute Gasteiger partial charge is 0.298 e. The van der Waals surface area contributed by atoms with Crippen LogP contribution in [0.15, 0.2) is 24.3 Å². The first kappa shape index (κ1) is 9.27. The summed E-state index contributed by atoms with van der Waals surface area (Å²) in [6.45, 7) is 2.18. The number of nitrogens with zero attached hydrogens (tertiary/aromatic N) is 1. The summed E-state index contributed by atoms with van der Waals surface area (Å²) in [5.41, 5.74) is 2.76. The minimum absolute atomic E-state index is 0.893. The van der Waals surface area contributed by atoms with E-state index in [-0.39, 0.29) is 0 Å². The lowest BCUT2D eigenvalue weighted by molar-refractivity contribution is 0.486. The van der Waals surface area contributed by atoms with Crippen molar-refractivity contribution in [1.82, 2.24) is 4.48 Å². The molecular formula is C11H18N+. The number of hydrogen-bond acceptors (Lipinski definition) is 0. The van der Waals surface area contributed by atoms with Gasteiger partial charge in [-0.25, -0.2) is 0 Å². The molecule has 0 aliphatic heterocycles. The Morgan fingerprint density at radius 3 is 1.83 bits per heavy atom. The number of rotatable bonds is 2. The van der Waals surface area contributed by atoms with Crippen LogP contribution in [-0.4, -0.2) is 21.1 Å². The highest BCUT2D eigenvalue weighted by atomic mass is 15.3. The summed E-state index contributed by atoms with van der Waals surface area (Å²) >= 11 is 0. The van der Waals surface area contributed by atoms with Gasteiger partial charge in [-0.15, -0.1) is 0 Å². The van der Waals surface area contributed by atoms with Crippen molar-refractivity contribution in [3.8, 4) is 0 Å². The molecule has 0 amide bonds. The van der Waals surface area contributed by atoms with Crippen LogP contribution < -0.4 is 4.48 Å². The van der Waals surface area contributed by atoms with E-state index in [2.05, 4.69) is 52.3 Å². The summed E-state index contributed by atoms with van der Waals surface area (Å²) in [7, 11) is 6.54. The van der Waals surface area contributed by atoms with Gasteiger partial charge < -0.3 is 0 Å². The fraction of sp³-hybridized carbons (Fsp3) is 0.455. The van der Waals surface area contributed by atoms with Crippen LogP contribution in [0.3, 0.4) is 0 Å². The van der Waals surface area contributed by atoms with Crippen LogP contribution in [0, 0.1) is 0 Å². The minimum Gasteiger partial charge on any atom is -0.298 e. The second-order valence-corrected chi connectivity index (χ2v) is 4.03. The molecule has 1 nitrogen and oxygen atoms in total. The Hall–Kier alpha value is -0.820. The van der Waals surface area contributed by atoms with Crippen molar-refractivity contribution in [2.24, 2.45) is 0 Å². The van der Waals surface area contributed by atoms with Crippen LogP contribution in [0.1, 0.15) is 12.5 Å². The van der Waals surface area contributed by atoms with Crippen molar-refractivity contribution in [2.75, 3.05) is 21.1 Å². The summed E-state index contributed by atoms with van der Waals surface area (Å²) in [4.78, 5) is 0. The fourth-order valence-electron chi connectivity index (χ4n) is 1.18. The van der Waals surface area contributed by atoms with Crippen LogP contribution in [0.5, 0.6) is 0 Å². The first-order valence-electron chi connectivity index (χ1n) is 4.45. The van der Waals surface area contributed by atoms with Crippen molar-refractivity contribution in [2.45, 2.75) is 13.3 Å². The molecule has 1 aromatic carbocycles. The van der Waals surface area contributed by atoms with E-state index in [1.807, 2.05) is 0 Å². The zero-order valence-electron chi connectivity index (χ0n) is 8.46. The predicted molar refractivity (Wildman–Crippen MR) is 55.4 cm³/mol. The van der Waals surface area contributed by atoms with Crippen molar-refractivity contribution in [3.05, 3.63) is 29.8 Å². The molecule has 0 atom stereocenters. The molecule has 0 fully saturated rings. The third kappa shape index (κ3) is 2.08. The first-order chi connectivity index (χ1) is 5.54. The zero-order chi connectivity index (χ0) is 9.19. The second-order valence-electron chi connectivity index (χ2n) is 4.03. The van der Waals surface area contributed by atoms with Gasteiger partial charge in [-0.3, -0.25) is 4.48 Å². The maximum atomic E-state index is 2.21. The number of aryl methyl sites for hydroxylation is 1. The zero-order valence-corrected chi connectivity index (χ0v) is 8.46. The van der Waals surface area contributed by atoms with Crippen molar-refractivity contribution < 1.29 is 0 Å². The molecule has 0 N–H and O–H groups in total. The van der Waals surface area contributed by atoms with Crippen LogP contribution >= 0.6 is 0 Å². The number of quaternary nitrogens is 1. The Morgan fingerprint density at radius 1 is 1.00 bits per heavy atom. The molecule has 66 valence electrons. The Kier molecular flexibility index (Phi) is 2.53. The van der Waals surface area contributed by atoms with Gasteiger partial charge in [0.15, 0.2) is 0 Å². The van der Waals surface area contributed by atoms with E-state index < -0.39 is 0 Å². The summed E-state index contributed by atoms with van der Waals surface area (Å²) in [5.74, 6) is 0. The van der Waals surface area contributed by atoms with Gasteiger partial charge in [0.1, 0.15) is 5.69 Å². The van der Waals surface area contributed by atoms with E-state index in [1.165, 1.54) is 11.3 Å². The number of benzene rings is 1. The van der Waals surface area contributed by atoms with Crippen molar-refractivity contribution in [1.29, 1.82) is 0 Å². The molecule has 0 unspecified atom stereocenters. The van der Waals surface area contributed by atoms with E-state index in [4.69, 9.17) is 0 Å². The lowest BCUT2D eigenvalue weighted by Crippen LogP contribution is -2.34. The van der Waals surface area contributed by atoms with E-state index in [0.29, 0.717) is 0 Å². The third-order valence-electron chi connectivity index (χ3n) is 2.12. The van der Waals surface area contributed by atoms with Gasteiger partial charge in [-0.1, -0.05) is 19.1 Å². The molecule has 1 rings (SSSR count). The third-order valence-corrected chi connectivity index (χ3v) is 2.12. The molecule has 1 heteroatoms. The lowest BCUT2D eigenvalue weighted by Gasteiger charge is -2.23. The topological polar surface area (TPSA) is 0 Å². The van der Waals surface area contributed by atoms with Gasteiger partial charge in [0.05, 0.1) is 21.1 Å². The van der Waals surface area contributed by atoms with E-state index in [1.54, 1.807) is 0 Å². The maximum Gasteiger partial charge on any atom is 0.132 e. The average Bonchev–Trinajstić information content (AvgIpc) is 2.03. The quantitative estimate of drug-likeness (QED) is 0.589. The average molecular weight is 164 g/mol. The monoisotopic (exact) mass is 164 g/mol. The standard InChI is InChI=1S/C11H18N/c1-5-10-6-8-11(9-7-10)12(2,3)4/h6-9H,5H2,1-4H3/q+1. The van der Waals surface area contributed by atoms with E-state index in [9.17, 15) is 0 Å². The fourth-order valence-corrected chi connectivity index (χ4v) is 1.18. The summed E-state index contributed by atoms with van der Waals surface area (Å²) < 4.78 is 0.893. The van der Waals surface area contributed by atoms with Crippen molar-refractivity contribution >= 4 is 5.69 Å². The van der Waals surface area contributed by atoms with E-state index in [0.717, 1.165) is 10.9 Å². The molecule has 0 aliphatic carbocycles. The maximum absolute atomic E-state index is 2.21. The number of hydrogen-bond donors (Lipinski definition) is 0. The highest BCUT2D eigenvalue weighted by molar-refractivity contribution is 5.42. The van der Waals surface area contributed by atoms with Gasteiger partial charge in [-0.05, 0) is 24.1 Å². The van der Waals surface area contributed by atoms with Crippen LogP contribution in [-0.2, 0) is 6.42 Å². The Bertz CT molecular complexity index is 241. The Balaban J connectivity index is 2.93. The molecule has 0 aromatic heterocycles.